The number of aliphatic hydroxyl groups is 1. The van der Waals surface area contributed by atoms with Crippen molar-refractivity contribution < 1.29 is 43.8 Å². The van der Waals surface area contributed by atoms with E-state index in [0.717, 1.165) is 10.9 Å². The summed E-state index contributed by atoms with van der Waals surface area (Å²) >= 11 is 0. The lowest BCUT2D eigenvalue weighted by molar-refractivity contribution is -0.143. The number of aliphatic hydroxyl groups excluding tert-OH is 1. The van der Waals surface area contributed by atoms with Crippen molar-refractivity contribution in [1.29, 1.82) is 0 Å². The van der Waals surface area contributed by atoms with E-state index in [9.17, 15) is 43.8 Å². The van der Waals surface area contributed by atoms with Gasteiger partial charge in [0.15, 0.2) is 0 Å². The molecule has 1 aromatic carbocycles. The van der Waals surface area contributed by atoms with Gasteiger partial charge in [0.05, 0.1) is 6.10 Å². The highest BCUT2D eigenvalue weighted by Gasteiger charge is 2.36. The Labute approximate surface area is 284 Å². The van der Waals surface area contributed by atoms with E-state index >= 15 is 0 Å². The van der Waals surface area contributed by atoms with E-state index in [1.807, 2.05) is 18.2 Å². The Bertz CT molecular complexity index is 1510. The summed E-state index contributed by atoms with van der Waals surface area (Å²) in [5, 5.41) is 33.6. The van der Waals surface area contributed by atoms with E-state index < -0.39 is 89.6 Å². The van der Waals surface area contributed by atoms with Crippen LogP contribution in [0.3, 0.4) is 0 Å². The number of aliphatic carboxylic acids is 1. The van der Waals surface area contributed by atoms with Gasteiger partial charge < -0.3 is 47.5 Å². The number of para-hydroxylation sites is 1. The molecule has 0 saturated carbocycles. The van der Waals surface area contributed by atoms with Crippen LogP contribution in [-0.2, 0) is 40.0 Å². The van der Waals surface area contributed by atoms with Crippen molar-refractivity contribution in [2.75, 3.05) is 0 Å². The fraction of sp³-hybridized carbons (Fsp3) is 0.545. The lowest BCUT2D eigenvalue weighted by Gasteiger charge is -2.30. The molecule has 16 heteroatoms. The second kappa shape index (κ2) is 18.5. The molecule has 0 bridgehead atoms. The van der Waals surface area contributed by atoms with Gasteiger partial charge in [-0.15, -0.1) is 0 Å². The van der Waals surface area contributed by atoms with Gasteiger partial charge in [-0.25, -0.2) is 4.79 Å². The van der Waals surface area contributed by atoms with E-state index in [1.54, 1.807) is 40.0 Å². The Morgan fingerprint density at radius 2 is 1.37 bits per heavy atom. The number of amides is 6. The number of fused-ring (bicyclic) bond motifs is 1. The number of benzene rings is 1. The number of carbonyl (C=O) groups excluding carboxylic acids is 6. The minimum atomic E-state index is -1.60. The van der Waals surface area contributed by atoms with Crippen LogP contribution < -0.4 is 32.3 Å². The third kappa shape index (κ3) is 11.9. The van der Waals surface area contributed by atoms with E-state index in [0.29, 0.717) is 12.0 Å². The van der Waals surface area contributed by atoms with Crippen LogP contribution in [0, 0.1) is 11.8 Å². The average molecular weight is 688 g/mol. The molecule has 270 valence electrons. The number of aromatic nitrogens is 1. The first-order chi connectivity index (χ1) is 23.0. The highest BCUT2D eigenvalue weighted by molar-refractivity contribution is 5.97. The zero-order valence-electron chi connectivity index (χ0n) is 28.7. The molecule has 0 saturated heterocycles. The van der Waals surface area contributed by atoms with Crippen molar-refractivity contribution >= 4 is 52.3 Å². The highest BCUT2D eigenvalue weighted by Crippen LogP contribution is 2.20. The Morgan fingerprint density at radius 1 is 0.796 bits per heavy atom. The molecule has 6 amide bonds. The zero-order chi connectivity index (χ0) is 37.0. The molecule has 2 aromatic rings. The second-order valence-electron chi connectivity index (χ2n) is 12.6. The molecule has 2 rings (SSSR count). The molecule has 1 aromatic heterocycles. The standard InChI is InChI=1S/C33H49N7O9/c1-7-17(4)27(39-29(44)23(36-19(6)42)12-13-25(34)43)31(46)40-28(18(5)41)32(47)37-24(30(45)38-26(16(2)3)33(48)49)14-20-15-35-22-11-9-8-10-21(20)22/h8-11,15-18,23-24,26-28,35,41H,7,12-14H2,1-6H3,(H2,34,43)(H,36,42)(H,37,47)(H,38,45)(H,39,44)(H,40,46)(H,48,49)/t17-,18+,23-,24-,26-,27-,28-/m0/s1. The topological polar surface area (TPSA) is 262 Å². The molecule has 16 nitrogen and oxygen atoms in total. The fourth-order valence-electron chi connectivity index (χ4n) is 5.16. The van der Waals surface area contributed by atoms with Crippen LogP contribution in [0.4, 0.5) is 0 Å². The average Bonchev–Trinajstić information content (AvgIpc) is 3.43. The first-order valence-electron chi connectivity index (χ1n) is 16.2. The molecule has 7 atom stereocenters. The minimum Gasteiger partial charge on any atom is -0.480 e. The number of aromatic amines is 1. The first-order valence-corrected chi connectivity index (χ1v) is 16.2. The lowest BCUT2D eigenvalue weighted by atomic mass is 9.96. The van der Waals surface area contributed by atoms with Crippen molar-refractivity contribution in [3.63, 3.8) is 0 Å². The van der Waals surface area contributed by atoms with E-state index in [-0.39, 0.29) is 19.3 Å². The maximum Gasteiger partial charge on any atom is 0.326 e. The monoisotopic (exact) mass is 687 g/mol. The van der Waals surface area contributed by atoms with Crippen LogP contribution in [-0.4, -0.2) is 92.9 Å². The largest absolute Gasteiger partial charge is 0.480 e. The van der Waals surface area contributed by atoms with Crippen molar-refractivity contribution in [2.45, 2.75) is 104 Å². The summed E-state index contributed by atoms with van der Waals surface area (Å²) in [4.78, 5) is 91.9. The summed E-state index contributed by atoms with van der Waals surface area (Å²) < 4.78 is 0. The predicted molar refractivity (Wildman–Crippen MR) is 179 cm³/mol. The van der Waals surface area contributed by atoms with Crippen molar-refractivity contribution in [1.82, 2.24) is 31.6 Å². The summed E-state index contributed by atoms with van der Waals surface area (Å²) in [6.45, 7) is 9.12. The molecule has 10 N–H and O–H groups in total. The molecule has 0 radical (unpaired) electrons. The molecule has 1 heterocycles. The quantitative estimate of drug-likeness (QED) is 0.0928. The number of carboxylic acids is 1. The van der Waals surface area contributed by atoms with Crippen LogP contribution in [0.1, 0.15) is 66.4 Å². The van der Waals surface area contributed by atoms with Gasteiger partial charge in [0.1, 0.15) is 30.2 Å². The third-order valence-electron chi connectivity index (χ3n) is 8.19. The lowest BCUT2D eigenvalue weighted by Crippen LogP contribution is -2.62. The van der Waals surface area contributed by atoms with Gasteiger partial charge >= 0.3 is 5.97 Å². The van der Waals surface area contributed by atoms with Crippen molar-refractivity contribution in [3.8, 4) is 0 Å². The molecule has 0 spiro atoms. The molecule has 0 aliphatic rings. The van der Waals surface area contributed by atoms with Gasteiger partial charge in [0, 0.05) is 36.9 Å². The molecular formula is C33H49N7O9. The summed E-state index contributed by atoms with van der Waals surface area (Å²) in [6.07, 6.45) is 0.212. The van der Waals surface area contributed by atoms with Gasteiger partial charge in [0.2, 0.25) is 35.4 Å². The Kier molecular flexibility index (Phi) is 15.2. The predicted octanol–water partition coefficient (Wildman–Crippen LogP) is -0.413. The van der Waals surface area contributed by atoms with Gasteiger partial charge in [-0.05, 0) is 36.8 Å². The zero-order valence-corrected chi connectivity index (χ0v) is 28.7. The molecule has 49 heavy (non-hydrogen) atoms. The summed E-state index contributed by atoms with van der Waals surface area (Å²) in [5.41, 5.74) is 6.63. The smallest absolute Gasteiger partial charge is 0.326 e. The number of hydrogen-bond acceptors (Lipinski definition) is 8. The maximum absolute atomic E-state index is 13.7. The number of carbonyl (C=O) groups is 7. The van der Waals surface area contributed by atoms with Crippen molar-refractivity contribution in [3.05, 3.63) is 36.0 Å². The van der Waals surface area contributed by atoms with Crippen LogP contribution in [0.15, 0.2) is 30.5 Å². The molecular weight excluding hydrogens is 638 g/mol. The van der Waals surface area contributed by atoms with E-state index in [2.05, 4.69) is 31.6 Å². The summed E-state index contributed by atoms with van der Waals surface area (Å²) in [5.74, 6) is -6.79. The van der Waals surface area contributed by atoms with Gasteiger partial charge in [-0.3, -0.25) is 28.8 Å². The van der Waals surface area contributed by atoms with Crippen LogP contribution >= 0.6 is 0 Å². The Hall–Kier alpha value is -4.99. The molecule has 0 fully saturated rings. The fourth-order valence-corrected chi connectivity index (χ4v) is 5.16. The van der Waals surface area contributed by atoms with Crippen LogP contribution in [0.5, 0.6) is 0 Å². The molecule has 0 aliphatic carbocycles. The van der Waals surface area contributed by atoms with Gasteiger partial charge in [0.25, 0.3) is 0 Å². The summed E-state index contributed by atoms with van der Waals surface area (Å²) in [6, 6.07) is 0.677. The van der Waals surface area contributed by atoms with E-state index in [4.69, 9.17) is 5.73 Å². The normalized spacial score (nSPS) is 15.5. The van der Waals surface area contributed by atoms with Gasteiger partial charge in [-0.2, -0.15) is 0 Å². The highest BCUT2D eigenvalue weighted by atomic mass is 16.4. The molecule has 0 aliphatic heterocycles. The number of nitrogens with two attached hydrogens (primary N) is 1. The number of H-pyrrole nitrogens is 1. The van der Waals surface area contributed by atoms with Crippen molar-refractivity contribution in [2.24, 2.45) is 17.6 Å². The second-order valence-corrected chi connectivity index (χ2v) is 12.6. The maximum atomic E-state index is 13.7. The van der Waals surface area contributed by atoms with E-state index in [1.165, 1.54) is 13.8 Å². The molecule has 0 unspecified atom stereocenters. The Morgan fingerprint density at radius 3 is 1.92 bits per heavy atom. The van der Waals surface area contributed by atoms with Gasteiger partial charge in [-0.1, -0.05) is 52.3 Å². The SMILES string of the molecule is CC[C@H](C)[C@H](NC(=O)[C@H](CCC(N)=O)NC(C)=O)C(=O)N[C@H](C(=O)N[C@@H](Cc1c[nH]c2ccccc12)C(=O)N[C@H](C(=O)O)C(C)C)[C@@H](C)O. The number of carboxylic acid groups (broad SMARTS) is 1. The number of primary amides is 1. The van der Waals surface area contributed by atoms with Crippen LogP contribution in [0.2, 0.25) is 0 Å². The Balaban J connectivity index is 2.36. The number of nitrogens with one attached hydrogen (secondary N) is 6. The summed E-state index contributed by atoms with van der Waals surface area (Å²) in [7, 11) is 0. The third-order valence-corrected chi connectivity index (χ3v) is 8.19. The minimum absolute atomic E-state index is 0.0616. The number of rotatable bonds is 19. The van der Waals surface area contributed by atoms with Crippen LogP contribution in [0.25, 0.3) is 10.9 Å². The number of hydrogen-bond donors (Lipinski definition) is 9. The first kappa shape index (κ1) is 40.2.